The minimum atomic E-state index is -0.819. The topological polar surface area (TPSA) is 98.3 Å². The SMILES string of the molecule is CNCC1(COc2nc(N3C[C@H]4CC[C@@](C)(C3)N4C(=O)OC(C)(C)C)c3cc(F)c(-c4cc(OCOC)cc5ccccc45)c(F)c3n2)CC1. The van der Waals surface area contributed by atoms with Gasteiger partial charge in [-0.25, -0.2) is 13.6 Å². The molecule has 266 valence electrons. The van der Waals surface area contributed by atoms with Gasteiger partial charge in [0.1, 0.15) is 28.5 Å². The van der Waals surface area contributed by atoms with Gasteiger partial charge in [0.15, 0.2) is 12.6 Å². The van der Waals surface area contributed by atoms with Crippen molar-refractivity contribution in [3.63, 3.8) is 0 Å². The summed E-state index contributed by atoms with van der Waals surface area (Å²) in [4.78, 5) is 26.7. The Labute approximate surface area is 291 Å². The average Bonchev–Trinajstić information content (AvgIpc) is 3.79. The van der Waals surface area contributed by atoms with E-state index in [0.717, 1.165) is 37.6 Å². The Hall–Kier alpha value is -4.29. The zero-order valence-corrected chi connectivity index (χ0v) is 29.6. The summed E-state index contributed by atoms with van der Waals surface area (Å²) in [5.74, 6) is -0.787. The zero-order chi connectivity index (χ0) is 35.4. The molecule has 1 aromatic heterocycles. The van der Waals surface area contributed by atoms with Crippen LogP contribution in [0.3, 0.4) is 0 Å². The summed E-state index contributed by atoms with van der Waals surface area (Å²) in [6.45, 7) is 9.52. The molecule has 3 heterocycles. The Bertz CT molecular complexity index is 1950. The fraction of sp³-hybridized carbons (Fsp3) is 0.500. The fourth-order valence-corrected chi connectivity index (χ4v) is 7.62. The second-order valence-corrected chi connectivity index (χ2v) is 15.3. The first-order valence-electron chi connectivity index (χ1n) is 17.2. The molecule has 0 radical (unpaired) electrons. The minimum absolute atomic E-state index is 0.0199. The highest BCUT2D eigenvalue weighted by Crippen LogP contribution is 2.47. The smallest absolute Gasteiger partial charge is 0.411 e. The molecule has 3 aliphatic rings. The van der Waals surface area contributed by atoms with E-state index in [1.54, 1.807) is 6.07 Å². The fourth-order valence-electron chi connectivity index (χ4n) is 7.62. The third-order valence-corrected chi connectivity index (χ3v) is 10.1. The number of amides is 1. The second kappa shape index (κ2) is 12.8. The predicted molar refractivity (Wildman–Crippen MR) is 188 cm³/mol. The number of ether oxygens (including phenoxy) is 4. The maximum Gasteiger partial charge on any atom is 0.411 e. The van der Waals surface area contributed by atoms with Gasteiger partial charge in [-0.3, -0.25) is 4.90 Å². The Balaban J connectivity index is 1.34. The van der Waals surface area contributed by atoms with Gasteiger partial charge in [0.25, 0.3) is 0 Å². The van der Waals surface area contributed by atoms with Crippen LogP contribution in [-0.4, -0.2) is 85.3 Å². The van der Waals surface area contributed by atoms with E-state index < -0.39 is 22.8 Å². The number of carbonyl (C=O) groups is 1. The Morgan fingerprint density at radius 2 is 1.84 bits per heavy atom. The number of fused-ring (bicyclic) bond motifs is 4. The summed E-state index contributed by atoms with van der Waals surface area (Å²) in [5, 5.41) is 4.88. The van der Waals surface area contributed by atoms with Crippen LogP contribution in [-0.2, 0) is 9.47 Å². The number of hydrogen-bond donors (Lipinski definition) is 1. The van der Waals surface area contributed by atoms with Crippen molar-refractivity contribution in [3.05, 3.63) is 54.1 Å². The number of benzene rings is 3. The van der Waals surface area contributed by atoms with E-state index in [4.69, 9.17) is 23.9 Å². The summed E-state index contributed by atoms with van der Waals surface area (Å²) >= 11 is 0. The molecule has 0 spiro atoms. The molecule has 50 heavy (non-hydrogen) atoms. The van der Waals surface area contributed by atoms with E-state index in [9.17, 15) is 4.79 Å². The van der Waals surface area contributed by atoms with Crippen LogP contribution in [0, 0.1) is 17.0 Å². The van der Waals surface area contributed by atoms with E-state index >= 15 is 8.78 Å². The van der Waals surface area contributed by atoms with Crippen LogP contribution >= 0.6 is 0 Å². The third-order valence-electron chi connectivity index (χ3n) is 10.1. The van der Waals surface area contributed by atoms with Crippen molar-refractivity contribution in [2.45, 2.75) is 70.6 Å². The second-order valence-electron chi connectivity index (χ2n) is 15.3. The van der Waals surface area contributed by atoms with Crippen molar-refractivity contribution in [2.75, 3.05) is 52.1 Å². The first-order valence-corrected chi connectivity index (χ1v) is 17.2. The minimum Gasteiger partial charge on any atom is -0.468 e. The van der Waals surface area contributed by atoms with Crippen LogP contribution in [0.1, 0.15) is 53.4 Å². The van der Waals surface area contributed by atoms with Crippen LogP contribution in [0.4, 0.5) is 19.4 Å². The Morgan fingerprint density at radius 3 is 2.54 bits per heavy atom. The molecule has 2 saturated heterocycles. The number of carbonyl (C=O) groups excluding carboxylic acids is 1. The summed E-state index contributed by atoms with van der Waals surface area (Å²) in [5.41, 5.74) is -1.18. The van der Waals surface area contributed by atoms with E-state index in [0.29, 0.717) is 42.2 Å². The molecule has 12 heteroatoms. The first-order chi connectivity index (χ1) is 23.8. The van der Waals surface area contributed by atoms with E-state index in [1.165, 1.54) is 13.2 Å². The lowest BCUT2D eigenvalue weighted by Gasteiger charge is -2.47. The molecular weight excluding hydrogens is 644 g/mol. The van der Waals surface area contributed by atoms with Crippen LogP contribution in [0.15, 0.2) is 42.5 Å². The van der Waals surface area contributed by atoms with E-state index in [-0.39, 0.29) is 46.8 Å². The van der Waals surface area contributed by atoms with E-state index in [1.807, 2.05) is 74.9 Å². The molecule has 1 aliphatic carbocycles. The number of hydrogen-bond acceptors (Lipinski definition) is 9. The lowest BCUT2D eigenvalue weighted by atomic mass is 9.95. The number of nitrogens with zero attached hydrogens (tertiary/aromatic N) is 4. The number of nitrogens with one attached hydrogen (secondary N) is 1. The van der Waals surface area contributed by atoms with Gasteiger partial charge in [0.05, 0.1) is 23.8 Å². The van der Waals surface area contributed by atoms with Crippen molar-refractivity contribution in [1.82, 2.24) is 20.2 Å². The van der Waals surface area contributed by atoms with Gasteiger partial charge in [-0.2, -0.15) is 9.97 Å². The summed E-state index contributed by atoms with van der Waals surface area (Å²) in [7, 11) is 3.41. The Morgan fingerprint density at radius 1 is 1.06 bits per heavy atom. The zero-order valence-electron chi connectivity index (χ0n) is 29.6. The van der Waals surface area contributed by atoms with Crippen LogP contribution in [0.5, 0.6) is 11.8 Å². The summed E-state index contributed by atoms with van der Waals surface area (Å²) in [6, 6.07) is 12.0. The molecule has 1 N–H and O–H groups in total. The van der Waals surface area contributed by atoms with Crippen LogP contribution in [0.2, 0.25) is 0 Å². The number of piperazine rings is 1. The van der Waals surface area contributed by atoms with Crippen molar-refractivity contribution in [2.24, 2.45) is 5.41 Å². The number of halogens is 2. The number of methoxy groups -OCH3 is 1. The van der Waals surface area contributed by atoms with Gasteiger partial charge in [-0.1, -0.05) is 24.3 Å². The molecule has 7 rings (SSSR count). The van der Waals surface area contributed by atoms with Crippen molar-refractivity contribution in [1.29, 1.82) is 0 Å². The number of aromatic nitrogens is 2. The molecule has 4 aromatic rings. The normalized spacial score (nSPS) is 21.2. The highest BCUT2D eigenvalue weighted by atomic mass is 19.1. The molecule has 3 fully saturated rings. The average molecular weight is 690 g/mol. The molecule has 2 atom stereocenters. The van der Waals surface area contributed by atoms with Crippen molar-refractivity contribution < 1.29 is 32.5 Å². The van der Waals surface area contributed by atoms with Gasteiger partial charge < -0.3 is 29.2 Å². The summed E-state index contributed by atoms with van der Waals surface area (Å²) in [6.07, 6.45) is 3.17. The molecular formula is C38H45F2N5O5. The van der Waals surface area contributed by atoms with Gasteiger partial charge in [-0.05, 0) is 95.0 Å². The third kappa shape index (κ3) is 6.39. The van der Waals surface area contributed by atoms with Crippen LogP contribution < -0.4 is 19.7 Å². The van der Waals surface area contributed by atoms with Gasteiger partial charge in [-0.15, -0.1) is 0 Å². The molecule has 1 amide bonds. The lowest BCUT2D eigenvalue weighted by Crippen LogP contribution is -2.63. The Kier molecular flexibility index (Phi) is 8.74. The molecule has 10 nitrogen and oxygen atoms in total. The lowest BCUT2D eigenvalue weighted by molar-refractivity contribution is -0.00281. The highest BCUT2D eigenvalue weighted by molar-refractivity contribution is 6.01. The maximum absolute atomic E-state index is 17.1. The number of rotatable bonds is 10. The quantitative estimate of drug-likeness (QED) is 0.176. The summed E-state index contributed by atoms with van der Waals surface area (Å²) < 4.78 is 56.4. The predicted octanol–water partition coefficient (Wildman–Crippen LogP) is 7.07. The first kappa shape index (κ1) is 34.2. The standard InChI is InChI=1S/C38H45F2N5O5/c1-36(2,3)50-35(46)45-24-11-12-37(45,4)20-44(18-24)33-28-17-29(39)30(27-16-25(49-22-47-6)15-23-9-7-8-10-26(23)27)31(40)32(28)42-34(43-33)48-21-38(13-14-38)19-41-5/h7-10,15-17,24,41H,11-14,18-22H2,1-6H3/t24-,37+/m1/s1. The molecule has 3 aromatic carbocycles. The van der Waals surface area contributed by atoms with Gasteiger partial charge >= 0.3 is 12.1 Å². The van der Waals surface area contributed by atoms with Gasteiger partial charge in [0, 0.05) is 37.5 Å². The molecule has 2 bridgehead atoms. The van der Waals surface area contributed by atoms with Crippen molar-refractivity contribution in [3.8, 4) is 22.9 Å². The van der Waals surface area contributed by atoms with E-state index in [2.05, 4.69) is 10.3 Å². The van der Waals surface area contributed by atoms with Crippen molar-refractivity contribution >= 4 is 33.6 Å². The largest absolute Gasteiger partial charge is 0.468 e. The highest BCUT2D eigenvalue weighted by Gasteiger charge is 2.52. The maximum atomic E-state index is 17.1. The monoisotopic (exact) mass is 689 g/mol. The number of anilines is 1. The van der Waals surface area contributed by atoms with Gasteiger partial charge in [0.2, 0.25) is 0 Å². The van der Waals surface area contributed by atoms with Crippen LogP contribution in [0.25, 0.3) is 32.8 Å². The molecule has 2 aliphatic heterocycles. The molecule has 0 unspecified atom stereocenters. The molecule has 1 saturated carbocycles.